The first kappa shape index (κ1) is 20.0. The Morgan fingerprint density at radius 2 is 1.79 bits per heavy atom. The van der Waals surface area contributed by atoms with Gasteiger partial charge in [-0.1, -0.05) is 29.8 Å². The molecule has 7 heteroatoms. The van der Waals surface area contributed by atoms with Gasteiger partial charge in [-0.15, -0.1) is 0 Å². The number of benzene rings is 1. The van der Waals surface area contributed by atoms with Crippen LogP contribution in [0.2, 0.25) is 5.02 Å². The number of aromatic nitrogens is 4. The van der Waals surface area contributed by atoms with Crippen molar-refractivity contribution in [3.05, 3.63) is 69.3 Å². The van der Waals surface area contributed by atoms with Crippen LogP contribution in [0.15, 0.2) is 30.3 Å². The van der Waals surface area contributed by atoms with Crippen molar-refractivity contribution in [2.45, 2.75) is 47.1 Å². The van der Waals surface area contributed by atoms with Crippen molar-refractivity contribution in [3.8, 4) is 5.95 Å². The van der Waals surface area contributed by atoms with E-state index in [0.29, 0.717) is 11.0 Å². The second-order valence-electron chi connectivity index (χ2n) is 7.00. The van der Waals surface area contributed by atoms with Gasteiger partial charge >= 0.3 is 0 Å². The number of nitrogens with zero attached hydrogens (tertiary/aromatic N) is 4. The number of hydrogen-bond acceptors (Lipinski definition) is 4. The molecular weight excluding hydrogens is 374 g/mol. The Labute approximate surface area is 170 Å². The smallest absolute Gasteiger partial charge is 0.251 e. The highest BCUT2D eigenvalue weighted by molar-refractivity contribution is 6.31. The molecule has 0 aliphatic carbocycles. The zero-order chi connectivity index (χ0) is 20.4. The van der Waals surface area contributed by atoms with E-state index in [1.165, 1.54) is 0 Å². The van der Waals surface area contributed by atoms with Crippen LogP contribution < -0.4 is 5.32 Å². The van der Waals surface area contributed by atoms with Crippen LogP contribution >= 0.6 is 11.6 Å². The molecule has 0 aliphatic rings. The predicted molar refractivity (Wildman–Crippen MR) is 110 cm³/mol. The summed E-state index contributed by atoms with van der Waals surface area (Å²) >= 11 is 6.23. The van der Waals surface area contributed by atoms with Crippen LogP contribution in [0, 0.1) is 27.7 Å². The van der Waals surface area contributed by atoms with Gasteiger partial charge in [0.05, 0.1) is 18.2 Å². The predicted octanol–water partition coefficient (Wildman–Crippen LogP) is 3.97. The van der Waals surface area contributed by atoms with Crippen LogP contribution in [0.5, 0.6) is 0 Å². The van der Waals surface area contributed by atoms with E-state index in [1.807, 2.05) is 65.0 Å². The first-order valence-corrected chi connectivity index (χ1v) is 9.55. The fourth-order valence-electron chi connectivity index (χ4n) is 3.28. The molecule has 0 saturated heterocycles. The number of carbonyl (C=O) groups is 1. The van der Waals surface area contributed by atoms with E-state index < -0.39 is 0 Å². The van der Waals surface area contributed by atoms with E-state index >= 15 is 0 Å². The zero-order valence-corrected chi connectivity index (χ0v) is 17.5. The van der Waals surface area contributed by atoms with Gasteiger partial charge in [-0.2, -0.15) is 5.10 Å². The monoisotopic (exact) mass is 397 g/mol. The maximum absolute atomic E-state index is 12.6. The molecule has 0 fully saturated rings. The summed E-state index contributed by atoms with van der Waals surface area (Å²) in [6.07, 6.45) is 0.233. The summed E-state index contributed by atoms with van der Waals surface area (Å²) in [5.41, 5.74) is 5.19. The van der Waals surface area contributed by atoms with Crippen LogP contribution in [-0.4, -0.2) is 25.7 Å². The van der Waals surface area contributed by atoms with Gasteiger partial charge in [0.25, 0.3) is 5.95 Å². The summed E-state index contributed by atoms with van der Waals surface area (Å²) in [5, 5.41) is 8.21. The lowest BCUT2D eigenvalue weighted by molar-refractivity contribution is -0.121. The van der Waals surface area contributed by atoms with Crippen LogP contribution in [0.3, 0.4) is 0 Å². The lowest BCUT2D eigenvalue weighted by Crippen LogP contribution is -2.28. The van der Waals surface area contributed by atoms with Crippen LogP contribution in [-0.2, 0) is 11.2 Å². The second-order valence-corrected chi connectivity index (χ2v) is 7.41. The number of amides is 1. The Morgan fingerprint density at radius 1 is 1.14 bits per heavy atom. The molecule has 0 saturated carbocycles. The highest BCUT2D eigenvalue weighted by Crippen LogP contribution is 2.23. The highest BCUT2D eigenvalue weighted by Gasteiger charge is 2.19. The molecule has 28 heavy (non-hydrogen) atoms. The van der Waals surface area contributed by atoms with Crippen molar-refractivity contribution in [1.29, 1.82) is 0 Å². The molecule has 1 aromatic carbocycles. The third-order valence-corrected chi connectivity index (χ3v) is 5.03. The van der Waals surface area contributed by atoms with E-state index in [0.717, 1.165) is 33.9 Å². The Balaban J connectivity index is 1.80. The van der Waals surface area contributed by atoms with E-state index in [2.05, 4.69) is 20.4 Å². The lowest BCUT2D eigenvalue weighted by Gasteiger charge is -2.15. The Kier molecular flexibility index (Phi) is 5.79. The Hall–Kier alpha value is -2.73. The summed E-state index contributed by atoms with van der Waals surface area (Å²) in [4.78, 5) is 21.6. The number of carbonyl (C=O) groups excluding carboxylic acids is 1. The van der Waals surface area contributed by atoms with Crippen LogP contribution in [0.4, 0.5) is 0 Å². The van der Waals surface area contributed by atoms with Crippen LogP contribution in [0.25, 0.3) is 5.95 Å². The molecule has 0 radical (unpaired) electrons. The number of halogens is 1. The number of rotatable bonds is 5. The molecule has 3 aromatic rings. The average Bonchev–Trinajstić information content (AvgIpc) is 2.89. The molecule has 1 unspecified atom stereocenters. The molecule has 0 spiro atoms. The highest BCUT2D eigenvalue weighted by atomic mass is 35.5. The average molecular weight is 398 g/mol. The van der Waals surface area contributed by atoms with E-state index in [4.69, 9.17) is 11.6 Å². The molecule has 0 aliphatic heterocycles. The van der Waals surface area contributed by atoms with Crippen molar-refractivity contribution < 1.29 is 4.79 Å². The normalized spacial score (nSPS) is 12.1. The van der Waals surface area contributed by atoms with E-state index in [9.17, 15) is 4.79 Å². The van der Waals surface area contributed by atoms with Crippen molar-refractivity contribution in [1.82, 2.24) is 25.1 Å². The van der Waals surface area contributed by atoms with Gasteiger partial charge in [0.1, 0.15) is 0 Å². The van der Waals surface area contributed by atoms with Gasteiger partial charge in [0.2, 0.25) is 5.91 Å². The molecule has 1 N–H and O–H groups in total. The quantitative estimate of drug-likeness (QED) is 0.707. The van der Waals surface area contributed by atoms with Gasteiger partial charge in [0, 0.05) is 27.7 Å². The van der Waals surface area contributed by atoms with Gasteiger partial charge in [-0.25, -0.2) is 14.6 Å². The molecule has 1 amide bonds. The summed E-state index contributed by atoms with van der Waals surface area (Å²) in [7, 11) is 0. The fourth-order valence-corrected chi connectivity index (χ4v) is 3.58. The third-order valence-electron chi connectivity index (χ3n) is 4.69. The molecular formula is C21H24ClN5O. The maximum atomic E-state index is 12.6. The van der Waals surface area contributed by atoms with Crippen molar-refractivity contribution in [3.63, 3.8) is 0 Å². The standard InChI is InChI=1S/C21H24ClN5O/c1-12-10-13(2)24-21(23-12)27-16(5)18(15(4)26-27)11-20(28)25-14(3)17-8-6-7-9-19(17)22/h6-10,14H,11H2,1-5H3,(H,25,28). The molecule has 2 aromatic heterocycles. The Morgan fingerprint density at radius 3 is 2.43 bits per heavy atom. The molecule has 2 heterocycles. The minimum atomic E-state index is -0.181. The molecule has 1 atom stereocenters. The van der Waals surface area contributed by atoms with Gasteiger partial charge < -0.3 is 5.32 Å². The summed E-state index contributed by atoms with van der Waals surface area (Å²) in [5.74, 6) is 0.439. The van der Waals surface area contributed by atoms with Crippen LogP contribution in [0.1, 0.15) is 46.9 Å². The van der Waals surface area contributed by atoms with Crippen molar-refractivity contribution in [2.24, 2.45) is 0 Å². The summed E-state index contributed by atoms with van der Waals surface area (Å²) in [6.45, 7) is 9.60. The molecule has 3 rings (SSSR count). The molecule has 6 nitrogen and oxygen atoms in total. The van der Waals surface area contributed by atoms with Gasteiger partial charge in [-0.05, 0) is 52.3 Å². The first-order chi connectivity index (χ1) is 13.3. The minimum Gasteiger partial charge on any atom is -0.349 e. The van der Waals surface area contributed by atoms with E-state index in [-0.39, 0.29) is 18.4 Å². The SMILES string of the molecule is Cc1cc(C)nc(-n2nc(C)c(CC(=O)NC(C)c3ccccc3Cl)c2C)n1. The third kappa shape index (κ3) is 4.22. The fraction of sp³-hybridized carbons (Fsp3) is 0.333. The zero-order valence-electron chi connectivity index (χ0n) is 16.7. The maximum Gasteiger partial charge on any atom is 0.251 e. The second kappa shape index (κ2) is 8.10. The number of hydrogen-bond donors (Lipinski definition) is 1. The van der Waals surface area contributed by atoms with Gasteiger partial charge in [0.15, 0.2) is 0 Å². The largest absolute Gasteiger partial charge is 0.349 e. The van der Waals surface area contributed by atoms with E-state index in [1.54, 1.807) is 4.68 Å². The summed E-state index contributed by atoms with van der Waals surface area (Å²) < 4.78 is 1.70. The van der Waals surface area contributed by atoms with Crippen molar-refractivity contribution >= 4 is 17.5 Å². The lowest BCUT2D eigenvalue weighted by atomic mass is 10.1. The first-order valence-electron chi connectivity index (χ1n) is 9.17. The number of aryl methyl sites for hydroxylation is 3. The summed E-state index contributed by atoms with van der Waals surface area (Å²) in [6, 6.07) is 9.25. The topological polar surface area (TPSA) is 72.7 Å². The van der Waals surface area contributed by atoms with Crippen molar-refractivity contribution in [2.75, 3.05) is 0 Å². The number of nitrogens with one attached hydrogen (secondary N) is 1. The Bertz CT molecular complexity index is 1010. The molecule has 146 valence electrons. The molecule has 0 bridgehead atoms. The minimum absolute atomic E-state index is 0.0838. The van der Waals surface area contributed by atoms with Gasteiger partial charge in [-0.3, -0.25) is 4.79 Å².